The molecule has 0 fully saturated rings. The fourth-order valence-electron chi connectivity index (χ4n) is 4.86. The fraction of sp³-hybridized carbons (Fsp3) is 0.548. The molecule has 0 bridgehead atoms. The summed E-state index contributed by atoms with van der Waals surface area (Å²) in [6, 6.07) is 16.0. The van der Waals surface area contributed by atoms with Crippen molar-refractivity contribution < 1.29 is 19.4 Å². The van der Waals surface area contributed by atoms with Gasteiger partial charge in [0.15, 0.2) is 0 Å². The average molecular weight is 496 g/mol. The molecule has 2 rings (SSSR count). The molecule has 0 aliphatic carbocycles. The Kier molecular flexibility index (Phi) is 11.0. The third kappa shape index (κ3) is 10.0. The number of benzene rings is 2. The zero-order valence-electron chi connectivity index (χ0n) is 23.0. The van der Waals surface area contributed by atoms with E-state index >= 15 is 0 Å². The highest BCUT2D eigenvalue weighted by Gasteiger charge is 2.27. The van der Waals surface area contributed by atoms with Crippen LogP contribution >= 0.6 is 0 Å². The molecule has 5 nitrogen and oxygen atoms in total. The first-order chi connectivity index (χ1) is 16.9. The zero-order valence-corrected chi connectivity index (χ0v) is 23.0. The number of rotatable bonds is 14. The number of carboxylic acid groups (broad SMARTS) is 1. The van der Waals surface area contributed by atoms with Crippen molar-refractivity contribution in [2.75, 3.05) is 6.54 Å². The molecule has 1 unspecified atom stereocenters. The molecule has 5 heteroatoms. The normalized spacial score (nSPS) is 12.7. The number of ether oxygens (including phenoxy) is 1. The van der Waals surface area contributed by atoms with Gasteiger partial charge in [-0.25, -0.2) is 0 Å². The van der Waals surface area contributed by atoms with Gasteiger partial charge in [0, 0.05) is 12.1 Å². The molecule has 2 aromatic rings. The molecule has 2 aromatic carbocycles. The molecule has 0 saturated carbocycles. The van der Waals surface area contributed by atoms with Gasteiger partial charge >= 0.3 is 5.97 Å². The molecular formula is C31H45NO4. The molecule has 0 radical (unpaired) electrons. The van der Waals surface area contributed by atoms with Crippen LogP contribution in [0, 0.1) is 5.41 Å². The van der Waals surface area contributed by atoms with Crippen molar-refractivity contribution in [1.29, 1.82) is 0 Å². The first-order valence-corrected chi connectivity index (χ1v) is 13.3. The highest BCUT2D eigenvalue weighted by atomic mass is 16.5. The van der Waals surface area contributed by atoms with Crippen LogP contribution in [-0.4, -0.2) is 23.5 Å². The Balaban J connectivity index is 2.13. The van der Waals surface area contributed by atoms with Crippen LogP contribution in [0.15, 0.2) is 48.5 Å². The minimum Gasteiger partial charge on any atom is -0.486 e. The lowest BCUT2D eigenvalue weighted by atomic mass is 9.72. The summed E-state index contributed by atoms with van der Waals surface area (Å²) in [6.45, 7) is 13.7. The van der Waals surface area contributed by atoms with Gasteiger partial charge in [-0.05, 0) is 65.5 Å². The lowest BCUT2D eigenvalue weighted by Crippen LogP contribution is -2.26. The van der Waals surface area contributed by atoms with Crippen LogP contribution in [0.25, 0.3) is 0 Å². The van der Waals surface area contributed by atoms with Crippen molar-refractivity contribution in [2.24, 2.45) is 5.41 Å². The first kappa shape index (κ1) is 29.4. The Morgan fingerprint density at radius 3 is 2.11 bits per heavy atom. The van der Waals surface area contributed by atoms with E-state index in [0.29, 0.717) is 5.56 Å². The number of nitrogens with one attached hydrogen (secondary N) is 1. The second kappa shape index (κ2) is 13.5. The predicted molar refractivity (Wildman–Crippen MR) is 147 cm³/mol. The summed E-state index contributed by atoms with van der Waals surface area (Å²) >= 11 is 0. The van der Waals surface area contributed by atoms with Crippen molar-refractivity contribution in [3.63, 3.8) is 0 Å². The SMILES string of the molecule is CCCCCCC(Oc1ccc(C(C)(C)CC(C)(C)C)cc1)c1ccc(C(=O)NCCC(=O)O)cc1. The second-order valence-electron chi connectivity index (χ2n) is 11.6. The molecule has 1 atom stereocenters. The summed E-state index contributed by atoms with van der Waals surface area (Å²) < 4.78 is 6.48. The lowest BCUT2D eigenvalue weighted by Gasteiger charge is -2.33. The van der Waals surface area contributed by atoms with Crippen molar-refractivity contribution in [3.05, 3.63) is 65.2 Å². The topological polar surface area (TPSA) is 75.6 Å². The Hall–Kier alpha value is -2.82. The maximum absolute atomic E-state index is 12.3. The van der Waals surface area contributed by atoms with E-state index in [1.54, 1.807) is 12.1 Å². The molecule has 0 heterocycles. The summed E-state index contributed by atoms with van der Waals surface area (Å²) in [7, 11) is 0. The van der Waals surface area contributed by atoms with E-state index in [1.807, 2.05) is 12.1 Å². The maximum Gasteiger partial charge on any atom is 0.305 e. The van der Waals surface area contributed by atoms with Gasteiger partial charge in [-0.15, -0.1) is 0 Å². The number of carbonyl (C=O) groups excluding carboxylic acids is 1. The number of amides is 1. The summed E-state index contributed by atoms with van der Waals surface area (Å²) in [5.41, 5.74) is 3.19. The Labute approximate surface area is 217 Å². The Morgan fingerprint density at radius 2 is 1.56 bits per heavy atom. The number of unbranched alkanes of at least 4 members (excludes halogenated alkanes) is 3. The van der Waals surface area contributed by atoms with Crippen LogP contribution in [0.4, 0.5) is 0 Å². The van der Waals surface area contributed by atoms with Gasteiger partial charge in [0.2, 0.25) is 0 Å². The van der Waals surface area contributed by atoms with Gasteiger partial charge in [-0.1, -0.05) is 85.1 Å². The smallest absolute Gasteiger partial charge is 0.305 e. The number of carboxylic acids is 1. The molecule has 1 amide bonds. The number of hydrogen-bond donors (Lipinski definition) is 2. The summed E-state index contributed by atoms with van der Waals surface area (Å²) in [5, 5.41) is 11.4. The van der Waals surface area contributed by atoms with Gasteiger partial charge in [0.05, 0.1) is 6.42 Å². The molecule has 0 aromatic heterocycles. The molecule has 0 spiro atoms. The van der Waals surface area contributed by atoms with Crippen LogP contribution < -0.4 is 10.1 Å². The van der Waals surface area contributed by atoms with Gasteiger partial charge in [0.1, 0.15) is 11.9 Å². The highest BCUT2D eigenvalue weighted by Crippen LogP contribution is 2.37. The fourth-order valence-corrected chi connectivity index (χ4v) is 4.86. The van der Waals surface area contributed by atoms with Gasteiger partial charge in [-0.3, -0.25) is 9.59 Å². The van der Waals surface area contributed by atoms with Gasteiger partial charge in [0.25, 0.3) is 5.91 Å². The van der Waals surface area contributed by atoms with Crippen LogP contribution in [0.2, 0.25) is 0 Å². The zero-order chi connectivity index (χ0) is 26.8. The summed E-state index contributed by atoms with van der Waals surface area (Å²) in [4.78, 5) is 23.0. The third-order valence-corrected chi connectivity index (χ3v) is 6.38. The molecule has 198 valence electrons. The molecule has 0 aliphatic rings. The van der Waals surface area contributed by atoms with E-state index in [0.717, 1.165) is 30.6 Å². The van der Waals surface area contributed by atoms with E-state index in [-0.39, 0.29) is 35.8 Å². The number of carbonyl (C=O) groups is 2. The average Bonchev–Trinajstić information content (AvgIpc) is 2.79. The molecular weight excluding hydrogens is 450 g/mol. The van der Waals surface area contributed by atoms with Crippen molar-refractivity contribution in [3.8, 4) is 5.75 Å². The third-order valence-electron chi connectivity index (χ3n) is 6.38. The maximum atomic E-state index is 12.3. The van der Waals surface area contributed by atoms with Crippen LogP contribution in [-0.2, 0) is 10.2 Å². The summed E-state index contributed by atoms with van der Waals surface area (Å²) in [5.74, 6) is -0.350. The quantitative estimate of drug-likeness (QED) is 0.263. The monoisotopic (exact) mass is 495 g/mol. The minimum atomic E-state index is -0.931. The molecule has 0 aliphatic heterocycles. The van der Waals surface area contributed by atoms with Crippen molar-refractivity contribution in [2.45, 2.75) is 98.0 Å². The standard InChI is InChI=1S/C31H45NO4/c1-7-8-9-10-11-27(23-12-14-24(15-13-23)29(35)32-21-20-28(33)34)36-26-18-16-25(17-19-26)31(5,6)22-30(2,3)4/h12-19,27H,7-11,20-22H2,1-6H3,(H,32,35)(H,33,34). The van der Waals surface area contributed by atoms with Crippen LogP contribution in [0.3, 0.4) is 0 Å². The van der Waals surface area contributed by atoms with E-state index < -0.39 is 5.97 Å². The highest BCUT2D eigenvalue weighted by molar-refractivity contribution is 5.94. The van der Waals surface area contributed by atoms with E-state index in [2.05, 4.69) is 71.1 Å². The van der Waals surface area contributed by atoms with Crippen molar-refractivity contribution in [1.82, 2.24) is 5.32 Å². The van der Waals surface area contributed by atoms with Crippen molar-refractivity contribution >= 4 is 11.9 Å². The Bertz CT molecular complexity index is 956. The molecule has 2 N–H and O–H groups in total. The number of aliphatic carboxylic acids is 1. The number of hydrogen-bond acceptors (Lipinski definition) is 3. The van der Waals surface area contributed by atoms with Crippen LogP contribution in [0.5, 0.6) is 5.75 Å². The molecule has 0 saturated heterocycles. The Morgan fingerprint density at radius 1 is 0.917 bits per heavy atom. The second-order valence-corrected chi connectivity index (χ2v) is 11.6. The van der Waals surface area contributed by atoms with Gasteiger partial charge < -0.3 is 15.2 Å². The van der Waals surface area contributed by atoms with Crippen LogP contribution in [0.1, 0.15) is 114 Å². The lowest BCUT2D eigenvalue weighted by molar-refractivity contribution is -0.136. The first-order valence-electron chi connectivity index (χ1n) is 13.3. The summed E-state index contributed by atoms with van der Waals surface area (Å²) in [6.07, 6.45) is 6.44. The largest absolute Gasteiger partial charge is 0.486 e. The predicted octanol–water partition coefficient (Wildman–Crippen LogP) is 7.70. The van der Waals surface area contributed by atoms with Gasteiger partial charge in [-0.2, -0.15) is 0 Å². The van der Waals surface area contributed by atoms with E-state index in [1.165, 1.54) is 24.8 Å². The van der Waals surface area contributed by atoms with E-state index in [4.69, 9.17) is 9.84 Å². The molecule has 36 heavy (non-hydrogen) atoms. The minimum absolute atomic E-state index is 0.0806. The van der Waals surface area contributed by atoms with E-state index in [9.17, 15) is 9.59 Å².